The number of hydrogen-bond donors (Lipinski definition) is 2. The summed E-state index contributed by atoms with van der Waals surface area (Å²) >= 11 is 0. The average Bonchev–Trinajstić information content (AvgIpc) is 2.92. The molecule has 1 heterocycles. The summed E-state index contributed by atoms with van der Waals surface area (Å²) in [6.07, 6.45) is -5.91. The van der Waals surface area contributed by atoms with Gasteiger partial charge in [0.05, 0.1) is 12.1 Å². The molecule has 1 aliphatic carbocycles. The lowest BCUT2D eigenvalue weighted by Gasteiger charge is -2.15. The van der Waals surface area contributed by atoms with Crippen molar-refractivity contribution in [2.75, 3.05) is 6.79 Å². The Kier molecular flexibility index (Phi) is 2.79. The topological polar surface area (TPSA) is 67.8 Å². The van der Waals surface area contributed by atoms with E-state index in [0.29, 0.717) is 22.6 Å². The SMILES string of the molecule is O=C(N[C@@H]1C[C@@H](O)c2cc3c(cc21)OCO3)C(F)(F)F. The van der Waals surface area contributed by atoms with Crippen LogP contribution in [0.4, 0.5) is 13.2 Å². The molecule has 0 saturated carbocycles. The molecule has 2 atom stereocenters. The van der Waals surface area contributed by atoms with Gasteiger partial charge in [-0.1, -0.05) is 0 Å². The van der Waals surface area contributed by atoms with Gasteiger partial charge in [0.15, 0.2) is 11.5 Å². The van der Waals surface area contributed by atoms with Crippen LogP contribution < -0.4 is 14.8 Å². The Hall–Kier alpha value is -1.96. The smallest absolute Gasteiger partial charge is 0.454 e. The van der Waals surface area contributed by atoms with Crippen LogP contribution in [0.15, 0.2) is 12.1 Å². The summed E-state index contributed by atoms with van der Waals surface area (Å²) in [6.45, 7) is 0.0217. The van der Waals surface area contributed by atoms with Crippen LogP contribution in [0.5, 0.6) is 11.5 Å². The Morgan fingerprint density at radius 1 is 1.25 bits per heavy atom. The van der Waals surface area contributed by atoms with E-state index >= 15 is 0 Å². The van der Waals surface area contributed by atoms with Crippen molar-refractivity contribution >= 4 is 5.91 Å². The predicted molar refractivity (Wildman–Crippen MR) is 59.1 cm³/mol. The van der Waals surface area contributed by atoms with Gasteiger partial charge in [-0.25, -0.2) is 0 Å². The molecule has 1 aromatic rings. The minimum atomic E-state index is -4.95. The predicted octanol–water partition coefficient (Wildman–Crippen LogP) is 1.57. The average molecular weight is 289 g/mol. The summed E-state index contributed by atoms with van der Waals surface area (Å²) in [6, 6.07) is 2.13. The first-order valence-corrected chi connectivity index (χ1v) is 5.85. The van der Waals surface area contributed by atoms with Crippen LogP contribution in [0, 0.1) is 0 Å². The molecule has 5 nitrogen and oxygen atoms in total. The van der Waals surface area contributed by atoms with E-state index in [1.165, 1.54) is 12.1 Å². The van der Waals surface area contributed by atoms with Crippen molar-refractivity contribution < 1.29 is 32.5 Å². The van der Waals surface area contributed by atoms with Crippen molar-refractivity contribution in [3.8, 4) is 11.5 Å². The van der Waals surface area contributed by atoms with Gasteiger partial charge in [0, 0.05) is 6.42 Å². The van der Waals surface area contributed by atoms with Gasteiger partial charge in [-0.2, -0.15) is 13.2 Å². The zero-order chi connectivity index (χ0) is 14.5. The maximum atomic E-state index is 12.3. The van der Waals surface area contributed by atoms with E-state index < -0.39 is 24.2 Å². The first-order chi connectivity index (χ1) is 9.36. The number of rotatable bonds is 1. The second kappa shape index (κ2) is 4.27. The minimum Gasteiger partial charge on any atom is -0.454 e. The van der Waals surface area contributed by atoms with E-state index in [0.717, 1.165) is 0 Å². The van der Waals surface area contributed by atoms with Gasteiger partial charge in [-0.05, 0) is 23.3 Å². The summed E-state index contributed by atoms with van der Waals surface area (Å²) in [5.74, 6) is -1.20. The van der Waals surface area contributed by atoms with Gasteiger partial charge in [-0.15, -0.1) is 0 Å². The van der Waals surface area contributed by atoms with Crippen molar-refractivity contribution in [1.82, 2.24) is 5.32 Å². The number of aliphatic hydroxyl groups excluding tert-OH is 1. The Morgan fingerprint density at radius 3 is 2.45 bits per heavy atom. The largest absolute Gasteiger partial charge is 0.471 e. The summed E-state index contributed by atoms with van der Waals surface area (Å²) in [4.78, 5) is 11.0. The van der Waals surface area contributed by atoms with Crippen LogP contribution in [0.3, 0.4) is 0 Å². The molecule has 1 aromatic carbocycles. The van der Waals surface area contributed by atoms with Gasteiger partial charge in [0.1, 0.15) is 0 Å². The lowest BCUT2D eigenvalue weighted by molar-refractivity contribution is -0.174. The maximum Gasteiger partial charge on any atom is 0.471 e. The van der Waals surface area contributed by atoms with Gasteiger partial charge in [0.2, 0.25) is 6.79 Å². The molecule has 0 saturated heterocycles. The highest BCUT2D eigenvalue weighted by molar-refractivity contribution is 5.82. The van der Waals surface area contributed by atoms with Crippen molar-refractivity contribution in [2.45, 2.75) is 24.7 Å². The minimum absolute atomic E-state index is 0.0138. The fourth-order valence-electron chi connectivity index (χ4n) is 2.42. The normalized spacial score (nSPS) is 23.6. The molecule has 0 bridgehead atoms. The molecule has 8 heteroatoms. The number of amides is 1. The van der Waals surface area contributed by atoms with Crippen molar-refractivity contribution in [2.24, 2.45) is 0 Å². The lowest BCUT2D eigenvalue weighted by Crippen LogP contribution is -2.38. The van der Waals surface area contributed by atoms with Gasteiger partial charge in [0.25, 0.3) is 0 Å². The summed E-state index contributed by atoms with van der Waals surface area (Å²) < 4.78 is 47.1. The molecule has 20 heavy (non-hydrogen) atoms. The summed E-state index contributed by atoms with van der Waals surface area (Å²) in [5.41, 5.74) is 0.862. The van der Waals surface area contributed by atoms with E-state index in [1.807, 2.05) is 5.32 Å². The highest BCUT2D eigenvalue weighted by atomic mass is 19.4. The first kappa shape index (κ1) is 13.0. The molecule has 2 aliphatic rings. The van der Waals surface area contributed by atoms with Crippen LogP contribution in [0.2, 0.25) is 0 Å². The Morgan fingerprint density at radius 2 is 1.85 bits per heavy atom. The number of nitrogens with one attached hydrogen (secondary N) is 1. The van der Waals surface area contributed by atoms with Crippen molar-refractivity contribution in [3.63, 3.8) is 0 Å². The summed E-state index contributed by atoms with van der Waals surface area (Å²) in [5, 5.41) is 11.7. The number of hydrogen-bond acceptors (Lipinski definition) is 4. The van der Waals surface area contributed by atoms with Gasteiger partial charge in [-0.3, -0.25) is 4.79 Å². The fraction of sp³-hybridized carbons (Fsp3) is 0.417. The molecule has 2 N–H and O–H groups in total. The number of benzene rings is 1. The number of carbonyl (C=O) groups is 1. The molecule has 0 unspecified atom stereocenters. The zero-order valence-corrected chi connectivity index (χ0v) is 10.0. The highest BCUT2D eigenvalue weighted by Crippen LogP contribution is 2.45. The number of alkyl halides is 3. The number of ether oxygens (including phenoxy) is 2. The number of halogens is 3. The van der Waals surface area contributed by atoms with Crippen LogP contribution in [-0.4, -0.2) is 24.0 Å². The zero-order valence-electron chi connectivity index (χ0n) is 10.0. The first-order valence-electron chi connectivity index (χ1n) is 5.85. The van der Waals surface area contributed by atoms with Crippen LogP contribution in [0.1, 0.15) is 29.7 Å². The molecular weight excluding hydrogens is 279 g/mol. The van der Waals surface area contributed by atoms with Crippen LogP contribution in [0.25, 0.3) is 0 Å². The molecule has 108 valence electrons. The van der Waals surface area contributed by atoms with E-state index in [-0.39, 0.29) is 13.2 Å². The molecule has 1 amide bonds. The van der Waals surface area contributed by atoms with Gasteiger partial charge < -0.3 is 19.9 Å². The summed E-state index contributed by atoms with van der Waals surface area (Å²) in [7, 11) is 0. The number of aliphatic hydroxyl groups is 1. The van der Waals surface area contributed by atoms with Crippen molar-refractivity contribution in [1.29, 1.82) is 0 Å². The Balaban J connectivity index is 1.90. The molecular formula is C12H10F3NO4. The molecule has 0 radical (unpaired) electrons. The number of fused-ring (bicyclic) bond motifs is 2. The maximum absolute atomic E-state index is 12.3. The Bertz CT molecular complexity index is 573. The quantitative estimate of drug-likeness (QED) is 0.823. The third-order valence-electron chi connectivity index (χ3n) is 3.33. The molecule has 3 rings (SSSR count). The second-order valence-corrected chi connectivity index (χ2v) is 4.61. The van der Waals surface area contributed by atoms with E-state index in [4.69, 9.17) is 9.47 Å². The number of carbonyl (C=O) groups excluding carboxylic acids is 1. The molecule has 1 aliphatic heterocycles. The fourth-order valence-corrected chi connectivity index (χ4v) is 2.42. The van der Waals surface area contributed by atoms with E-state index in [1.54, 1.807) is 0 Å². The lowest BCUT2D eigenvalue weighted by atomic mass is 10.1. The molecule has 0 spiro atoms. The van der Waals surface area contributed by atoms with E-state index in [9.17, 15) is 23.1 Å². The van der Waals surface area contributed by atoms with Crippen LogP contribution >= 0.6 is 0 Å². The van der Waals surface area contributed by atoms with Crippen molar-refractivity contribution in [3.05, 3.63) is 23.3 Å². The standard InChI is InChI=1S/C12H10F3NO4/c13-12(14,15)11(18)16-7-3-8(17)6-2-10-9(1-5(6)7)19-4-20-10/h1-2,7-8,17H,3-4H2,(H,16,18)/t7-,8-/m1/s1. The molecule has 0 fully saturated rings. The highest BCUT2D eigenvalue weighted by Gasteiger charge is 2.42. The molecule has 0 aromatic heterocycles. The third kappa shape index (κ3) is 2.05. The third-order valence-corrected chi connectivity index (χ3v) is 3.33. The second-order valence-electron chi connectivity index (χ2n) is 4.61. The monoisotopic (exact) mass is 289 g/mol. The Labute approximate surface area is 111 Å². The van der Waals surface area contributed by atoms with Crippen LogP contribution in [-0.2, 0) is 4.79 Å². The van der Waals surface area contributed by atoms with E-state index in [2.05, 4.69) is 0 Å². The van der Waals surface area contributed by atoms with Gasteiger partial charge >= 0.3 is 12.1 Å².